The summed E-state index contributed by atoms with van der Waals surface area (Å²) in [5.74, 6) is 0.110. The van der Waals surface area contributed by atoms with E-state index in [-0.39, 0.29) is 11.3 Å². The largest absolute Gasteiger partial charge is 0.336 e. The molecule has 1 heterocycles. The molecule has 1 saturated heterocycles. The average molecular weight is 388 g/mol. The molecule has 0 aliphatic carbocycles. The van der Waals surface area contributed by atoms with Gasteiger partial charge in [0, 0.05) is 31.7 Å². The van der Waals surface area contributed by atoms with E-state index in [4.69, 9.17) is 3.17 Å². The van der Waals surface area contributed by atoms with Gasteiger partial charge in [-0.05, 0) is 23.1 Å². The molecular formula is C15H21IN2O2. The van der Waals surface area contributed by atoms with Gasteiger partial charge in [0.05, 0.1) is 0 Å². The van der Waals surface area contributed by atoms with E-state index in [0.29, 0.717) is 13.1 Å². The minimum atomic E-state index is 0.110. The molecule has 0 aromatic heterocycles. The Morgan fingerprint density at radius 3 is 2.10 bits per heavy atom. The molecule has 110 valence electrons. The molecule has 0 N–H and O–H groups in total. The van der Waals surface area contributed by atoms with Crippen molar-refractivity contribution in [2.75, 3.05) is 26.2 Å². The number of hydroxylamine groups is 2. The van der Waals surface area contributed by atoms with Gasteiger partial charge in [-0.25, -0.2) is 3.17 Å². The molecule has 20 heavy (non-hydrogen) atoms. The van der Waals surface area contributed by atoms with Crippen LogP contribution in [0.4, 0.5) is 0 Å². The summed E-state index contributed by atoms with van der Waals surface area (Å²) in [5.41, 5.74) is 2.13. The van der Waals surface area contributed by atoms with Gasteiger partial charge >= 0.3 is 0 Å². The van der Waals surface area contributed by atoms with Crippen LogP contribution in [0.25, 0.3) is 0 Å². The van der Waals surface area contributed by atoms with Crippen LogP contribution in [0.1, 0.15) is 36.7 Å². The third kappa shape index (κ3) is 3.71. The topological polar surface area (TPSA) is 32.8 Å². The lowest BCUT2D eigenvalue weighted by Gasteiger charge is -2.32. The van der Waals surface area contributed by atoms with Crippen LogP contribution < -0.4 is 0 Å². The summed E-state index contributed by atoms with van der Waals surface area (Å²) in [6.45, 7) is 9.46. The second-order valence-electron chi connectivity index (χ2n) is 6.12. The summed E-state index contributed by atoms with van der Waals surface area (Å²) in [5, 5.41) is 1.87. The van der Waals surface area contributed by atoms with Gasteiger partial charge in [-0.15, -0.1) is 0 Å². The first kappa shape index (κ1) is 15.7. The van der Waals surface area contributed by atoms with E-state index in [1.807, 2.05) is 45.1 Å². The fourth-order valence-corrected chi connectivity index (χ4v) is 2.65. The van der Waals surface area contributed by atoms with Gasteiger partial charge in [0.25, 0.3) is 5.91 Å². The molecule has 1 aliphatic heterocycles. The third-order valence-corrected chi connectivity index (χ3v) is 4.18. The van der Waals surface area contributed by atoms with Crippen molar-refractivity contribution in [1.82, 2.24) is 9.96 Å². The number of hydrogen-bond acceptors (Lipinski definition) is 3. The van der Waals surface area contributed by atoms with E-state index in [1.165, 1.54) is 5.56 Å². The lowest BCUT2D eigenvalue weighted by molar-refractivity contribution is -0.0439. The Morgan fingerprint density at radius 2 is 1.65 bits per heavy atom. The maximum absolute atomic E-state index is 12.4. The van der Waals surface area contributed by atoms with Crippen molar-refractivity contribution in [2.45, 2.75) is 26.2 Å². The summed E-state index contributed by atoms with van der Waals surface area (Å²) in [6.07, 6.45) is 0. The number of halogens is 1. The highest BCUT2D eigenvalue weighted by atomic mass is 127. The van der Waals surface area contributed by atoms with Gasteiger partial charge in [-0.2, -0.15) is 5.06 Å². The minimum Gasteiger partial charge on any atom is -0.336 e. The molecule has 1 amide bonds. The van der Waals surface area contributed by atoms with E-state index in [1.54, 1.807) is 0 Å². The number of carbonyl (C=O) groups is 1. The van der Waals surface area contributed by atoms with E-state index in [9.17, 15) is 4.79 Å². The van der Waals surface area contributed by atoms with Crippen molar-refractivity contribution in [1.29, 1.82) is 0 Å². The van der Waals surface area contributed by atoms with Crippen molar-refractivity contribution >= 4 is 28.9 Å². The zero-order valence-electron chi connectivity index (χ0n) is 12.2. The Balaban J connectivity index is 2.03. The van der Waals surface area contributed by atoms with Gasteiger partial charge < -0.3 is 4.90 Å². The summed E-state index contributed by atoms with van der Waals surface area (Å²) in [7, 11) is 0. The highest BCUT2D eigenvalue weighted by Crippen LogP contribution is 2.22. The van der Waals surface area contributed by atoms with E-state index in [2.05, 4.69) is 32.9 Å². The van der Waals surface area contributed by atoms with Crippen molar-refractivity contribution in [3.63, 3.8) is 0 Å². The van der Waals surface area contributed by atoms with Crippen LogP contribution in [0.15, 0.2) is 24.3 Å². The van der Waals surface area contributed by atoms with Gasteiger partial charge in [-0.3, -0.25) is 4.79 Å². The number of rotatable bonds is 2. The maximum Gasteiger partial charge on any atom is 0.253 e. The number of piperazine rings is 1. The lowest BCUT2D eigenvalue weighted by Crippen LogP contribution is -2.47. The quantitative estimate of drug-likeness (QED) is 0.731. The molecule has 0 spiro atoms. The van der Waals surface area contributed by atoms with Crippen LogP contribution >= 0.6 is 23.0 Å². The molecule has 5 heteroatoms. The highest BCUT2D eigenvalue weighted by molar-refractivity contribution is 14.1. The zero-order chi connectivity index (χ0) is 14.8. The predicted molar refractivity (Wildman–Crippen MR) is 87.7 cm³/mol. The normalized spacial score (nSPS) is 17.3. The number of benzene rings is 1. The van der Waals surface area contributed by atoms with Crippen LogP contribution in [-0.2, 0) is 8.58 Å². The molecule has 0 bridgehead atoms. The molecule has 0 saturated carbocycles. The predicted octanol–water partition coefficient (Wildman–Crippen LogP) is 3.02. The first-order chi connectivity index (χ1) is 9.41. The third-order valence-electron chi connectivity index (χ3n) is 3.62. The summed E-state index contributed by atoms with van der Waals surface area (Å²) < 4.78 is 5.14. The van der Waals surface area contributed by atoms with Crippen LogP contribution in [0.2, 0.25) is 0 Å². The molecule has 4 nitrogen and oxygen atoms in total. The Labute approximate surface area is 134 Å². The molecule has 2 rings (SSSR count). The standard InChI is InChI=1S/C15H21IN2O2/c1-15(2,3)13-6-4-12(5-7-13)14(19)17-8-10-18(20-16)11-9-17/h4-7H,8-11H2,1-3H3. The van der Waals surface area contributed by atoms with Gasteiger partial charge in [-0.1, -0.05) is 32.9 Å². The van der Waals surface area contributed by atoms with Gasteiger partial charge in [0.2, 0.25) is 0 Å². The number of amides is 1. The van der Waals surface area contributed by atoms with Crippen LogP contribution in [0, 0.1) is 0 Å². The zero-order valence-corrected chi connectivity index (χ0v) is 14.4. The van der Waals surface area contributed by atoms with Crippen molar-refractivity contribution in [3.05, 3.63) is 35.4 Å². The van der Waals surface area contributed by atoms with Crippen molar-refractivity contribution in [2.24, 2.45) is 0 Å². The highest BCUT2D eigenvalue weighted by Gasteiger charge is 2.22. The molecule has 0 atom stereocenters. The summed E-state index contributed by atoms with van der Waals surface area (Å²) in [4.78, 5) is 14.3. The number of nitrogens with zero attached hydrogens (tertiary/aromatic N) is 2. The van der Waals surface area contributed by atoms with Crippen LogP contribution in [-0.4, -0.2) is 42.0 Å². The van der Waals surface area contributed by atoms with Crippen LogP contribution in [0.3, 0.4) is 0 Å². The summed E-state index contributed by atoms with van der Waals surface area (Å²) in [6, 6.07) is 7.98. The van der Waals surface area contributed by atoms with Crippen molar-refractivity contribution in [3.8, 4) is 0 Å². The fourth-order valence-electron chi connectivity index (χ4n) is 2.26. The monoisotopic (exact) mass is 388 g/mol. The molecule has 0 radical (unpaired) electrons. The summed E-state index contributed by atoms with van der Waals surface area (Å²) >= 11 is 1.88. The number of hydrogen-bond donors (Lipinski definition) is 0. The SMILES string of the molecule is CC(C)(C)c1ccc(C(=O)N2CCN(OI)CC2)cc1. The van der Waals surface area contributed by atoms with E-state index >= 15 is 0 Å². The molecule has 0 unspecified atom stereocenters. The maximum atomic E-state index is 12.4. The molecular weight excluding hydrogens is 367 g/mol. The lowest BCUT2D eigenvalue weighted by atomic mass is 9.86. The fraction of sp³-hybridized carbons (Fsp3) is 0.533. The minimum absolute atomic E-state index is 0.110. The Hall–Kier alpha value is -0.660. The smallest absolute Gasteiger partial charge is 0.253 e. The molecule has 1 fully saturated rings. The Kier molecular flexibility index (Phi) is 5.04. The second kappa shape index (κ2) is 6.41. The van der Waals surface area contributed by atoms with Crippen LogP contribution in [0.5, 0.6) is 0 Å². The van der Waals surface area contributed by atoms with Gasteiger partial charge in [0.15, 0.2) is 0 Å². The Bertz CT molecular complexity index is 460. The first-order valence-electron chi connectivity index (χ1n) is 6.85. The average Bonchev–Trinajstić information content (AvgIpc) is 2.46. The van der Waals surface area contributed by atoms with Gasteiger partial charge in [0.1, 0.15) is 23.0 Å². The molecule has 1 aromatic rings. The Morgan fingerprint density at radius 1 is 1.10 bits per heavy atom. The molecule has 1 aromatic carbocycles. The molecule has 1 aliphatic rings. The van der Waals surface area contributed by atoms with E-state index < -0.39 is 0 Å². The van der Waals surface area contributed by atoms with E-state index in [0.717, 1.165) is 18.7 Å². The first-order valence-corrected chi connectivity index (χ1v) is 7.73. The second-order valence-corrected chi connectivity index (χ2v) is 6.51. The van der Waals surface area contributed by atoms with Crippen molar-refractivity contribution < 1.29 is 7.96 Å². The number of carbonyl (C=O) groups excluding carboxylic acids is 1.